The Hall–Kier alpha value is -4.45. The van der Waals surface area contributed by atoms with Crippen LogP contribution in [0.15, 0.2) is 84.9 Å². The first-order valence-corrected chi connectivity index (χ1v) is 11.3. The van der Waals surface area contributed by atoms with E-state index in [-0.39, 0.29) is 17.6 Å². The third-order valence-electron chi connectivity index (χ3n) is 6.32. The van der Waals surface area contributed by atoms with E-state index in [1.165, 1.54) is 6.07 Å². The Labute approximate surface area is 203 Å². The summed E-state index contributed by atoms with van der Waals surface area (Å²) in [4.78, 5) is 27.4. The number of amides is 2. The Bertz CT molecular complexity index is 1450. The van der Waals surface area contributed by atoms with Gasteiger partial charge in [-0.05, 0) is 71.1 Å². The fraction of sp³-hybridized carbons (Fsp3) is 0.103. The van der Waals surface area contributed by atoms with E-state index in [9.17, 15) is 14.0 Å². The van der Waals surface area contributed by atoms with Gasteiger partial charge < -0.3 is 16.0 Å². The molecule has 1 heterocycles. The first-order valence-electron chi connectivity index (χ1n) is 11.3. The molecule has 0 spiro atoms. The number of para-hydroxylation sites is 2. The molecule has 0 saturated carbocycles. The highest BCUT2D eigenvalue weighted by Gasteiger charge is 2.29. The summed E-state index contributed by atoms with van der Waals surface area (Å²) in [5, 5.41) is 2.81. The molecule has 0 saturated heterocycles. The summed E-state index contributed by atoms with van der Waals surface area (Å²) in [7, 11) is 0. The third kappa shape index (κ3) is 4.38. The first-order chi connectivity index (χ1) is 16.9. The number of benzene rings is 4. The molecule has 0 fully saturated rings. The number of fused-ring (bicyclic) bond motifs is 1. The number of aryl methyl sites for hydroxylation is 1. The molecule has 5 rings (SSSR count). The Morgan fingerprint density at radius 1 is 0.971 bits per heavy atom. The van der Waals surface area contributed by atoms with Crippen molar-refractivity contribution < 1.29 is 14.0 Å². The summed E-state index contributed by atoms with van der Waals surface area (Å²) in [6, 6.07) is 25.0. The van der Waals surface area contributed by atoms with Gasteiger partial charge in [0.1, 0.15) is 5.82 Å². The van der Waals surface area contributed by atoms with Crippen LogP contribution in [0, 0.1) is 12.7 Å². The Morgan fingerprint density at radius 3 is 2.46 bits per heavy atom. The van der Waals surface area contributed by atoms with Crippen LogP contribution in [0.25, 0.3) is 11.1 Å². The molecule has 1 aliphatic heterocycles. The van der Waals surface area contributed by atoms with E-state index in [0.29, 0.717) is 41.2 Å². The number of carbonyl (C=O) groups is 2. The summed E-state index contributed by atoms with van der Waals surface area (Å²) in [6.45, 7) is 2.57. The van der Waals surface area contributed by atoms with E-state index in [1.807, 2.05) is 36.4 Å². The molecule has 4 aromatic carbocycles. The van der Waals surface area contributed by atoms with Crippen molar-refractivity contribution in [3.63, 3.8) is 0 Å². The van der Waals surface area contributed by atoms with Gasteiger partial charge in [0.2, 0.25) is 0 Å². The molecule has 3 N–H and O–H groups in total. The van der Waals surface area contributed by atoms with Gasteiger partial charge in [0, 0.05) is 24.2 Å². The van der Waals surface area contributed by atoms with E-state index < -0.39 is 0 Å². The lowest BCUT2D eigenvalue weighted by Crippen LogP contribution is -2.23. The fourth-order valence-corrected chi connectivity index (χ4v) is 4.34. The van der Waals surface area contributed by atoms with Crippen molar-refractivity contribution in [2.24, 2.45) is 0 Å². The lowest BCUT2D eigenvalue weighted by molar-refractivity contribution is 0.0766. The average molecular weight is 466 g/mol. The molecule has 0 unspecified atom stereocenters. The number of hydrogen-bond donors (Lipinski definition) is 2. The summed E-state index contributed by atoms with van der Waals surface area (Å²) < 4.78 is 14.2. The minimum absolute atomic E-state index is 0.0594. The Morgan fingerprint density at radius 2 is 1.71 bits per heavy atom. The van der Waals surface area contributed by atoms with Gasteiger partial charge in [-0.25, -0.2) is 4.39 Å². The summed E-state index contributed by atoms with van der Waals surface area (Å²) in [5.41, 5.74) is 12.1. The standard InChI is InChI=1S/C29H24FN3O2/c1-18-9-12-21(15-25(18)30)22-5-4-6-23-24(22)17-33(29(23)35)16-19-10-13-20(14-11-19)28(34)32-27-8-3-2-7-26(27)31/h2-15H,16-17,31H2,1H3,(H,32,34). The average Bonchev–Trinajstić information content (AvgIpc) is 3.18. The zero-order chi connectivity index (χ0) is 24.5. The van der Waals surface area contributed by atoms with Crippen LogP contribution < -0.4 is 11.1 Å². The van der Waals surface area contributed by atoms with E-state index in [2.05, 4.69) is 5.32 Å². The summed E-state index contributed by atoms with van der Waals surface area (Å²) >= 11 is 0. The van der Waals surface area contributed by atoms with Crippen molar-refractivity contribution >= 4 is 23.2 Å². The molecule has 4 aromatic rings. The summed E-state index contributed by atoms with van der Waals surface area (Å²) in [5.74, 6) is -0.578. The van der Waals surface area contributed by atoms with Crippen molar-refractivity contribution in [2.75, 3.05) is 11.1 Å². The maximum absolute atomic E-state index is 14.2. The maximum atomic E-state index is 14.2. The van der Waals surface area contributed by atoms with Crippen LogP contribution in [0.5, 0.6) is 0 Å². The fourth-order valence-electron chi connectivity index (χ4n) is 4.34. The Balaban J connectivity index is 1.32. The number of anilines is 2. The minimum Gasteiger partial charge on any atom is -0.397 e. The number of nitrogen functional groups attached to an aromatic ring is 1. The van der Waals surface area contributed by atoms with Crippen LogP contribution in [0.4, 0.5) is 15.8 Å². The van der Waals surface area contributed by atoms with Crippen LogP contribution in [0.2, 0.25) is 0 Å². The van der Waals surface area contributed by atoms with Gasteiger partial charge in [-0.1, -0.05) is 48.5 Å². The molecule has 0 radical (unpaired) electrons. The predicted molar refractivity (Wildman–Crippen MR) is 135 cm³/mol. The van der Waals surface area contributed by atoms with Crippen LogP contribution in [-0.4, -0.2) is 16.7 Å². The highest BCUT2D eigenvalue weighted by molar-refractivity contribution is 6.05. The minimum atomic E-state index is -0.264. The molecule has 2 amide bonds. The second-order valence-corrected chi connectivity index (χ2v) is 8.70. The van der Waals surface area contributed by atoms with Crippen molar-refractivity contribution in [3.05, 3.63) is 119 Å². The first kappa shape index (κ1) is 22.3. The molecule has 1 aliphatic rings. The van der Waals surface area contributed by atoms with E-state index in [4.69, 9.17) is 5.73 Å². The molecule has 0 atom stereocenters. The Kier molecular flexibility index (Phi) is 5.79. The monoisotopic (exact) mass is 465 g/mol. The topological polar surface area (TPSA) is 75.4 Å². The van der Waals surface area contributed by atoms with Gasteiger partial charge in [-0.15, -0.1) is 0 Å². The molecular weight excluding hydrogens is 441 g/mol. The van der Waals surface area contributed by atoms with E-state index in [0.717, 1.165) is 22.3 Å². The molecule has 0 aromatic heterocycles. The van der Waals surface area contributed by atoms with Crippen molar-refractivity contribution in [3.8, 4) is 11.1 Å². The second kappa shape index (κ2) is 9.06. The quantitative estimate of drug-likeness (QED) is 0.366. The van der Waals surface area contributed by atoms with Crippen LogP contribution >= 0.6 is 0 Å². The van der Waals surface area contributed by atoms with Gasteiger partial charge in [0.05, 0.1) is 11.4 Å². The normalized spacial score (nSPS) is 12.5. The zero-order valence-electron chi connectivity index (χ0n) is 19.2. The highest BCUT2D eigenvalue weighted by Crippen LogP contribution is 2.34. The number of halogens is 1. The third-order valence-corrected chi connectivity index (χ3v) is 6.32. The molecule has 174 valence electrons. The number of nitrogens with two attached hydrogens (primary N) is 1. The predicted octanol–water partition coefficient (Wildman–Crippen LogP) is 5.79. The number of rotatable bonds is 5. The number of carbonyl (C=O) groups excluding carboxylic acids is 2. The zero-order valence-corrected chi connectivity index (χ0v) is 19.2. The van der Waals surface area contributed by atoms with Gasteiger partial charge in [-0.2, -0.15) is 0 Å². The van der Waals surface area contributed by atoms with E-state index in [1.54, 1.807) is 54.3 Å². The van der Waals surface area contributed by atoms with E-state index >= 15 is 0 Å². The number of nitrogens with zero attached hydrogens (tertiary/aromatic N) is 1. The van der Waals surface area contributed by atoms with Crippen molar-refractivity contribution in [1.29, 1.82) is 0 Å². The van der Waals surface area contributed by atoms with Gasteiger partial charge in [-0.3, -0.25) is 9.59 Å². The highest BCUT2D eigenvalue weighted by atomic mass is 19.1. The summed E-state index contributed by atoms with van der Waals surface area (Å²) in [6.07, 6.45) is 0. The molecule has 0 aliphatic carbocycles. The molecular formula is C29H24FN3O2. The van der Waals surface area contributed by atoms with Crippen molar-refractivity contribution in [1.82, 2.24) is 4.90 Å². The van der Waals surface area contributed by atoms with Crippen LogP contribution in [0.1, 0.15) is 37.4 Å². The largest absolute Gasteiger partial charge is 0.397 e. The molecule has 35 heavy (non-hydrogen) atoms. The van der Waals surface area contributed by atoms with Gasteiger partial charge in [0.15, 0.2) is 0 Å². The lowest BCUT2D eigenvalue weighted by atomic mass is 9.96. The van der Waals surface area contributed by atoms with Gasteiger partial charge in [0.25, 0.3) is 11.8 Å². The number of hydrogen-bond acceptors (Lipinski definition) is 3. The second-order valence-electron chi connectivity index (χ2n) is 8.70. The lowest BCUT2D eigenvalue weighted by Gasteiger charge is -2.16. The van der Waals surface area contributed by atoms with Crippen molar-refractivity contribution in [2.45, 2.75) is 20.0 Å². The molecule has 0 bridgehead atoms. The smallest absolute Gasteiger partial charge is 0.255 e. The number of nitrogens with one attached hydrogen (secondary N) is 1. The van der Waals surface area contributed by atoms with Crippen LogP contribution in [0.3, 0.4) is 0 Å². The van der Waals surface area contributed by atoms with Crippen LogP contribution in [-0.2, 0) is 13.1 Å². The molecule has 5 nitrogen and oxygen atoms in total. The SMILES string of the molecule is Cc1ccc(-c2cccc3c2CN(Cc2ccc(C(=O)Nc4ccccc4N)cc2)C3=O)cc1F. The molecule has 6 heteroatoms. The van der Waals surface area contributed by atoms with Gasteiger partial charge >= 0.3 is 0 Å². The maximum Gasteiger partial charge on any atom is 0.255 e.